The van der Waals surface area contributed by atoms with Crippen molar-refractivity contribution in [3.63, 3.8) is 0 Å². The lowest BCUT2D eigenvalue weighted by atomic mass is 10.2. The highest BCUT2D eigenvalue weighted by molar-refractivity contribution is 8.01. The molecule has 0 aliphatic carbocycles. The van der Waals surface area contributed by atoms with Crippen molar-refractivity contribution in [2.75, 3.05) is 14.1 Å². The van der Waals surface area contributed by atoms with Gasteiger partial charge in [0.15, 0.2) is 5.78 Å². The number of carbonyl (C=O) groups is 2. The maximum Gasteiger partial charge on any atom is 0.332 e. The van der Waals surface area contributed by atoms with Crippen LogP contribution in [-0.2, 0) is 30.1 Å². The molecule has 0 N–H and O–H groups in total. The number of Topliss-reactive ketones (excluding diaryl/α,β-unsaturated/α-hetero) is 1. The summed E-state index contributed by atoms with van der Waals surface area (Å²) in [5, 5.41) is -0.723. The molecule has 8 nitrogen and oxygen atoms in total. The van der Waals surface area contributed by atoms with Gasteiger partial charge in [-0.15, -0.1) is 11.8 Å². The van der Waals surface area contributed by atoms with Crippen LogP contribution < -0.4 is 11.2 Å². The minimum absolute atomic E-state index is 0.234. The van der Waals surface area contributed by atoms with Gasteiger partial charge in [-0.2, -0.15) is 0 Å². The predicted molar refractivity (Wildman–Crippen MR) is 101 cm³/mol. The first-order valence-electron chi connectivity index (χ1n) is 8.07. The van der Waals surface area contributed by atoms with Crippen LogP contribution in [0.4, 0.5) is 0 Å². The number of carbonyl (C=O) groups excluding carboxylic acids is 2. The van der Waals surface area contributed by atoms with Crippen molar-refractivity contribution in [1.29, 1.82) is 0 Å². The van der Waals surface area contributed by atoms with E-state index in [0.717, 1.165) is 21.9 Å². The maximum absolute atomic E-state index is 12.8. The van der Waals surface area contributed by atoms with Crippen LogP contribution in [0.2, 0.25) is 0 Å². The lowest BCUT2D eigenvalue weighted by molar-refractivity contribution is -0.132. The first-order valence-corrected chi connectivity index (χ1v) is 8.95. The minimum atomic E-state index is -0.970. The zero-order valence-corrected chi connectivity index (χ0v) is 16.5. The van der Waals surface area contributed by atoms with Crippen LogP contribution in [-0.4, -0.2) is 50.1 Å². The Kier molecular flexibility index (Phi) is 5.70. The summed E-state index contributed by atoms with van der Waals surface area (Å²) in [6.07, 6.45) is 2.15. The van der Waals surface area contributed by atoms with E-state index in [1.54, 1.807) is 20.3 Å². The van der Waals surface area contributed by atoms with Gasteiger partial charge in [-0.3, -0.25) is 23.5 Å². The van der Waals surface area contributed by atoms with Crippen LogP contribution in [0.1, 0.15) is 19.4 Å². The third-order valence-electron chi connectivity index (χ3n) is 4.15. The van der Waals surface area contributed by atoms with Crippen LogP contribution in [0, 0.1) is 0 Å². The summed E-state index contributed by atoms with van der Waals surface area (Å²) in [5.41, 5.74) is 0.00384. The lowest BCUT2D eigenvalue weighted by Crippen LogP contribution is -2.38. The lowest BCUT2D eigenvalue weighted by Gasteiger charge is -2.20. The molecule has 2 aromatic rings. The molecule has 0 aliphatic rings. The Morgan fingerprint density at radius 2 is 1.85 bits per heavy atom. The molecule has 0 unspecified atom stereocenters. The number of amides is 1. The molecular formula is C17H22N4O4S. The molecule has 2 aromatic heterocycles. The van der Waals surface area contributed by atoms with Crippen molar-refractivity contribution < 1.29 is 9.59 Å². The van der Waals surface area contributed by atoms with Crippen molar-refractivity contribution in [3.05, 3.63) is 32.6 Å². The number of pyridine rings is 1. The zero-order valence-electron chi connectivity index (χ0n) is 15.7. The molecule has 0 bridgehead atoms. The van der Waals surface area contributed by atoms with Gasteiger partial charge in [0.2, 0.25) is 5.91 Å². The molecule has 0 spiro atoms. The fourth-order valence-electron chi connectivity index (χ4n) is 2.59. The summed E-state index contributed by atoms with van der Waals surface area (Å²) in [5.74, 6) is -0.654. The van der Waals surface area contributed by atoms with Gasteiger partial charge in [0.05, 0.1) is 5.39 Å². The molecule has 2 heterocycles. The SMILES string of the molecule is CCc1cnc2c(c1S[C@H](C(C)=O)C(=O)N(C)C)c(=O)n(C)c(=O)n2C. The van der Waals surface area contributed by atoms with E-state index in [1.807, 2.05) is 6.92 Å². The molecule has 140 valence electrons. The van der Waals surface area contributed by atoms with Crippen molar-refractivity contribution in [1.82, 2.24) is 19.0 Å². The third kappa shape index (κ3) is 3.31. The molecular weight excluding hydrogens is 356 g/mol. The summed E-state index contributed by atoms with van der Waals surface area (Å²) in [6, 6.07) is 0. The van der Waals surface area contributed by atoms with Crippen molar-refractivity contribution in [2.24, 2.45) is 14.1 Å². The molecule has 0 aliphatic heterocycles. The van der Waals surface area contributed by atoms with Gasteiger partial charge >= 0.3 is 5.69 Å². The molecule has 26 heavy (non-hydrogen) atoms. The molecule has 0 saturated carbocycles. The summed E-state index contributed by atoms with van der Waals surface area (Å²) in [7, 11) is 6.08. The highest BCUT2D eigenvalue weighted by Gasteiger charge is 2.29. The van der Waals surface area contributed by atoms with Crippen LogP contribution in [0.25, 0.3) is 11.0 Å². The third-order valence-corrected chi connectivity index (χ3v) is 5.62. The van der Waals surface area contributed by atoms with E-state index in [-0.39, 0.29) is 22.7 Å². The molecule has 2 rings (SSSR count). The normalized spacial score (nSPS) is 12.2. The number of rotatable bonds is 5. The average Bonchev–Trinajstić information content (AvgIpc) is 2.60. The number of nitrogens with zero attached hydrogens (tertiary/aromatic N) is 4. The minimum Gasteiger partial charge on any atom is -0.347 e. The second-order valence-corrected chi connectivity index (χ2v) is 7.33. The molecule has 0 fully saturated rings. The molecule has 0 radical (unpaired) electrons. The van der Waals surface area contributed by atoms with Crippen LogP contribution in [0.15, 0.2) is 20.7 Å². The highest BCUT2D eigenvalue weighted by Crippen LogP contribution is 2.32. The fourth-order valence-corrected chi connectivity index (χ4v) is 3.95. The van der Waals surface area contributed by atoms with Crippen LogP contribution >= 0.6 is 11.8 Å². The number of thioether (sulfide) groups is 1. The summed E-state index contributed by atoms with van der Waals surface area (Å²) < 4.78 is 2.29. The molecule has 0 saturated heterocycles. The van der Waals surface area contributed by atoms with E-state index in [2.05, 4.69) is 4.98 Å². The quantitative estimate of drug-likeness (QED) is 0.550. The number of ketones is 1. The number of aromatic nitrogens is 3. The van der Waals surface area contributed by atoms with Crippen molar-refractivity contribution in [3.8, 4) is 0 Å². The number of hydrogen-bond donors (Lipinski definition) is 0. The zero-order chi connectivity index (χ0) is 19.8. The Labute approximate surface area is 154 Å². The van der Waals surface area contributed by atoms with E-state index >= 15 is 0 Å². The van der Waals surface area contributed by atoms with Crippen molar-refractivity contribution in [2.45, 2.75) is 30.4 Å². The van der Waals surface area contributed by atoms with E-state index in [0.29, 0.717) is 11.3 Å². The first-order chi connectivity index (χ1) is 12.1. The predicted octanol–water partition coefficient (Wildman–Crippen LogP) is 0.332. The summed E-state index contributed by atoms with van der Waals surface area (Å²) >= 11 is 1.04. The van der Waals surface area contributed by atoms with Gasteiger partial charge < -0.3 is 4.90 Å². The maximum atomic E-state index is 12.8. The van der Waals surface area contributed by atoms with E-state index < -0.39 is 16.5 Å². The fraction of sp³-hybridized carbons (Fsp3) is 0.471. The monoisotopic (exact) mass is 378 g/mol. The van der Waals surface area contributed by atoms with E-state index in [9.17, 15) is 19.2 Å². The highest BCUT2D eigenvalue weighted by atomic mass is 32.2. The largest absolute Gasteiger partial charge is 0.347 e. The summed E-state index contributed by atoms with van der Waals surface area (Å²) in [6.45, 7) is 3.25. The Morgan fingerprint density at radius 3 is 2.35 bits per heavy atom. The number of fused-ring (bicyclic) bond motifs is 1. The smallest absolute Gasteiger partial charge is 0.332 e. The van der Waals surface area contributed by atoms with Gasteiger partial charge in [0, 0.05) is 39.3 Å². The first kappa shape index (κ1) is 19.9. The summed E-state index contributed by atoms with van der Waals surface area (Å²) in [4.78, 5) is 55.6. The van der Waals surface area contributed by atoms with Gasteiger partial charge in [-0.1, -0.05) is 6.92 Å². The second kappa shape index (κ2) is 7.45. The average molecular weight is 378 g/mol. The van der Waals surface area contributed by atoms with Gasteiger partial charge in [0.25, 0.3) is 5.56 Å². The van der Waals surface area contributed by atoms with Crippen LogP contribution in [0.5, 0.6) is 0 Å². The molecule has 0 aromatic carbocycles. The van der Waals surface area contributed by atoms with Gasteiger partial charge in [-0.05, 0) is 18.9 Å². The van der Waals surface area contributed by atoms with E-state index in [1.165, 1.54) is 30.5 Å². The Hall–Kier alpha value is -2.42. The Bertz CT molecular complexity index is 1010. The number of aryl methyl sites for hydroxylation is 2. The molecule has 9 heteroatoms. The van der Waals surface area contributed by atoms with Gasteiger partial charge in [0.1, 0.15) is 10.9 Å². The molecule has 1 atom stereocenters. The van der Waals surface area contributed by atoms with Gasteiger partial charge in [-0.25, -0.2) is 9.78 Å². The number of hydrogen-bond acceptors (Lipinski definition) is 6. The Morgan fingerprint density at radius 1 is 1.23 bits per heavy atom. The second-order valence-electron chi connectivity index (χ2n) is 6.21. The topological polar surface area (TPSA) is 94.3 Å². The standard InChI is InChI=1S/C17H22N4O4S/c1-7-10-8-18-14-11(15(23)21(6)17(25)20(14)5)13(10)26-12(9(2)22)16(24)19(3)4/h8,12H,7H2,1-6H3/t12-/m1/s1. The van der Waals surface area contributed by atoms with Crippen molar-refractivity contribution >= 4 is 34.5 Å². The Balaban J connectivity index is 2.84. The van der Waals surface area contributed by atoms with Crippen LogP contribution in [0.3, 0.4) is 0 Å². The molecule has 1 amide bonds. The van der Waals surface area contributed by atoms with E-state index in [4.69, 9.17) is 0 Å².